The minimum atomic E-state index is -1.26. The van der Waals surface area contributed by atoms with Crippen molar-refractivity contribution in [3.63, 3.8) is 0 Å². The number of amides is 7. The van der Waals surface area contributed by atoms with E-state index in [9.17, 15) is 38.4 Å². The number of nitrogens with zero attached hydrogens (tertiary/aromatic N) is 4. The van der Waals surface area contributed by atoms with E-state index in [-0.39, 0.29) is 43.8 Å². The number of ketones is 1. The number of carbonyl (C=O) groups is 9. The van der Waals surface area contributed by atoms with Crippen molar-refractivity contribution in [2.24, 2.45) is 23.8 Å². The van der Waals surface area contributed by atoms with E-state index in [4.69, 9.17) is 4.74 Å². The van der Waals surface area contributed by atoms with Gasteiger partial charge in [0, 0.05) is 92.4 Å². The van der Waals surface area contributed by atoms with Gasteiger partial charge in [0.25, 0.3) is 17.7 Å². The average Bonchev–Trinajstić information content (AvgIpc) is 3.74. The van der Waals surface area contributed by atoms with E-state index < -0.39 is 99.1 Å². The lowest BCUT2D eigenvalue weighted by atomic mass is 9.75. The van der Waals surface area contributed by atoms with Gasteiger partial charge in [-0.1, -0.05) is 93.5 Å². The van der Waals surface area contributed by atoms with Crippen LogP contribution in [-0.4, -0.2) is 129 Å². The zero-order valence-corrected chi connectivity index (χ0v) is 43.9. The Morgan fingerprint density at radius 2 is 1.41 bits per heavy atom. The van der Waals surface area contributed by atoms with Crippen molar-refractivity contribution in [2.75, 3.05) is 27.2 Å². The molecule has 2 heterocycles. The molecule has 7 amide bonds. The summed E-state index contributed by atoms with van der Waals surface area (Å²) in [5.74, 6) is -5.36. The second kappa shape index (κ2) is 22.5. The Kier molecular flexibility index (Phi) is 18.7. The molecule has 0 radical (unpaired) electrons. The number of Topliss-reactive ketones (excluding diaryl/α,β-unsaturated/α-hetero) is 1. The zero-order chi connectivity index (χ0) is 52.7. The zero-order valence-electron chi connectivity index (χ0n) is 43.9. The van der Waals surface area contributed by atoms with E-state index in [1.165, 1.54) is 16.8 Å². The first-order valence-corrected chi connectivity index (χ1v) is 23.5. The summed E-state index contributed by atoms with van der Waals surface area (Å²) in [5, 5.41) is 9.41. The molecule has 0 bridgehead atoms. The molecule has 3 rings (SSSR count). The highest BCUT2D eigenvalue weighted by Gasteiger charge is 2.48. The number of nitrogens with one attached hydrogen (secondary N) is 3. The molecule has 0 saturated carbocycles. The van der Waals surface area contributed by atoms with Crippen molar-refractivity contribution in [1.82, 2.24) is 35.2 Å². The van der Waals surface area contributed by atoms with Crippen LogP contribution < -0.4 is 16.0 Å². The van der Waals surface area contributed by atoms with Gasteiger partial charge in [-0.05, 0) is 57.1 Å². The number of carbonyl (C=O) groups excluding carboxylic acids is 9. The number of esters is 1. The van der Waals surface area contributed by atoms with E-state index in [1.54, 1.807) is 61.6 Å². The number of benzene rings is 1. The fourth-order valence-electron chi connectivity index (χ4n) is 8.35. The van der Waals surface area contributed by atoms with Gasteiger partial charge in [-0.15, -0.1) is 0 Å². The highest BCUT2D eigenvalue weighted by atomic mass is 16.6. The number of para-hydroxylation sites is 1. The van der Waals surface area contributed by atoms with Gasteiger partial charge >= 0.3 is 5.97 Å². The predicted molar refractivity (Wildman–Crippen MR) is 264 cm³/mol. The van der Waals surface area contributed by atoms with Crippen LogP contribution in [-0.2, 0) is 60.4 Å². The van der Waals surface area contributed by atoms with Gasteiger partial charge in [0.1, 0.15) is 17.7 Å². The van der Waals surface area contributed by atoms with Crippen molar-refractivity contribution in [2.45, 2.75) is 151 Å². The second-order valence-corrected chi connectivity index (χ2v) is 22.1. The van der Waals surface area contributed by atoms with Crippen LogP contribution >= 0.6 is 0 Å². The van der Waals surface area contributed by atoms with Crippen LogP contribution in [0.1, 0.15) is 122 Å². The van der Waals surface area contributed by atoms with Crippen molar-refractivity contribution >= 4 is 64.0 Å². The standard InChI is InChI=1S/C52H77N7O10/c1-31(2)37(28-32(3)45(65)54-33(29-41(63)69-51(10,11)12)22-23-38(60)53-26-27-59-39(61)24-25-40(59)62)57(16)47(67)42(49(4,5)6)55-46(66)43(58(17)48(68)44(64)50(7,8)9)52(13,14)35-30-56(15)36-21-19-18-20-34(35)36/h18-21,24-25,28,30-31,33,37,42-43H,22-23,26-27,29H2,1-17H3,(H,53,60)(H,54,65)(H,55,66)/b32-28+/t33-,37-,42-,43-/m1/s1. The molecule has 3 N–H and O–H groups in total. The van der Waals surface area contributed by atoms with E-state index in [2.05, 4.69) is 16.0 Å². The van der Waals surface area contributed by atoms with Gasteiger partial charge < -0.3 is 35.1 Å². The van der Waals surface area contributed by atoms with Gasteiger partial charge in [0.2, 0.25) is 29.4 Å². The van der Waals surface area contributed by atoms with Crippen LogP contribution in [0.15, 0.2) is 54.3 Å². The maximum absolute atomic E-state index is 15.0. The molecule has 0 saturated heterocycles. The summed E-state index contributed by atoms with van der Waals surface area (Å²) < 4.78 is 7.46. The molecular formula is C52H77N7O10. The summed E-state index contributed by atoms with van der Waals surface area (Å²) in [6.45, 7) is 24.5. The summed E-state index contributed by atoms with van der Waals surface area (Å²) in [4.78, 5) is 125. The molecule has 1 aliphatic rings. The maximum atomic E-state index is 15.0. The van der Waals surface area contributed by atoms with Crippen molar-refractivity contribution in [3.8, 4) is 0 Å². The number of imide groups is 1. The van der Waals surface area contributed by atoms with E-state index in [1.807, 2.05) is 90.5 Å². The van der Waals surface area contributed by atoms with Gasteiger partial charge in [-0.25, -0.2) is 0 Å². The lowest BCUT2D eigenvalue weighted by Gasteiger charge is -2.42. The van der Waals surface area contributed by atoms with Crippen LogP contribution in [0.5, 0.6) is 0 Å². The molecule has 0 spiro atoms. The van der Waals surface area contributed by atoms with Gasteiger partial charge in [-0.3, -0.25) is 48.1 Å². The lowest BCUT2D eigenvalue weighted by molar-refractivity contribution is -0.155. The second-order valence-electron chi connectivity index (χ2n) is 22.1. The van der Waals surface area contributed by atoms with E-state index >= 15 is 4.79 Å². The van der Waals surface area contributed by atoms with Gasteiger partial charge in [0.15, 0.2) is 0 Å². The minimum absolute atomic E-state index is 0.0158. The highest BCUT2D eigenvalue weighted by molar-refractivity contribution is 6.38. The summed E-state index contributed by atoms with van der Waals surface area (Å²) >= 11 is 0. The summed E-state index contributed by atoms with van der Waals surface area (Å²) in [5.41, 5.74) is -1.93. The fraction of sp³-hybridized carbons (Fsp3) is 0.596. The van der Waals surface area contributed by atoms with E-state index in [0.29, 0.717) is 0 Å². The van der Waals surface area contributed by atoms with Crippen LogP contribution in [0, 0.1) is 16.7 Å². The molecule has 2 aromatic rings. The molecule has 0 aliphatic carbocycles. The number of aryl methyl sites for hydroxylation is 1. The third-order valence-electron chi connectivity index (χ3n) is 12.2. The van der Waals surface area contributed by atoms with Crippen LogP contribution in [0.25, 0.3) is 10.9 Å². The van der Waals surface area contributed by atoms with Crippen molar-refractivity contribution in [3.05, 3.63) is 59.8 Å². The quantitative estimate of drug-likeness (QED) is 0.0707. The first kappa shape index (κ1) is 57.2. The molecule has 4 atom stereocenters. The number of rotatable bonds is 20. The molecule has 380 valence electrons. The normalized spacial score (nSPS) is 15.4. The SMILES string of the molecule is C/C(=C\[C@H](C(C)C)N(C)C(=O)[C@@H](NC(=O)[C@@H](N(C)C(=O)C(=O)C(C)(C)C)C(C)(C)c1cn(C)c2ccccc12)C(C)(C)C)C(=O)N[C@H](CCC(=O)NCCN1C(=O)C=CC1=O)CC(=O)OC(C)(C)C. The van der Waals surface area contributed by atoms with Crippen LogP contribution in [0.2, 0.25) is 0 Å². The van der Waals surface area contributed by atoms with Crippen molar-refractivity contribution in [1.29, 1.82) is 0 Å². The number of aromatic nitrogens is 1. The summed E-state index contributed by atoms with van der Waals surface area (Å²) in [6, 6.07) is 3.77. The Morgan fingerprint density at radius 3 is 1.94 bits per heavy atom. The predicted octanol–water partition coefficient (Wildman–Crippen LogP) is 4.90. The third kappa shape index (κ3) is 14.9. The van der Waals surface area contributed by atoms with Crippen LogP contribution in [0.4, 0.5) is 0 Å². The summed E-state index contributed by atoms with van der Waals surface area (Å²) in [6.07, 6.45) is 5.58. The Bertz CT molecular complexity index is 2340. The Balaban J connectivity index is 1.93. The summed E-state index contributed by atoms with van der Waals surface area (Å²) in [7, 11) is 4.92. The third-order valence-corrected chi connectivity index (χ3v) is 12.2. The maximum Gasteiger partial charge on any atom is 0.308 e. The molecule has 1 aromatic heterocycles. The number of hydrogen-bond donors (Lipinski definition) is 3. The topological polar surface area (TPSA) is 214 Å². The molecule has 0 fully saturated rings. The minimum Gasteiger partial charge on any atom is -0.460 e. The molecule has 0 unspecified atom stereocenters. The number of hydrogen-bond acceptors (Lipinski definition) is 10. The Hall–Kier alpha value is -6.13. The number of likely N-dealkylation sites (N-methyl/N-ethyl adjacent to an activating group) is 2. The smallest absolute Gasteiger partial charge is 0.308 e. The molecule has 1 aliphatic heterocycles. The largest absolute Gasteiger partial charge is 0.460 e. The molecule has 69 heavy (non-hydrogen) atoms. The molecule has 17 nitrogen and oxygen atoms in total. The van der Waals surface area contributed by atoms with Gasteiger partial charge in [0.05, 0.1) is 12.5 Å². The fourth-order valence-corrected chi connectivity index (χ4v) is 8.35. The average molecular weight is 960 g/mol. The molecule has 1 aromatic carbocycles. The Morgan fingerprint density at radius 1 is 0.826 bits per heavy atom. The van der Waals surface area contributed by atoms with E-state index in [0.717, 1.165) is 33.5 Å². The number of fused-ring (bicyclic) bond motifs is 1. The lowest BCUT2D eigenvalue weighted by Crippen LogP contribution is -2.63. The molecule has 17 heteroatoms. The van der Waals surface area contributed by atoms with Crippen LogP contribution in [0.3, 0.4) is 0 Å². The monoisotopic (exact) mass is 960 g/mol. The van der Waals surface area contributed by atoms with Gasteiger partial charge in [-0.2, -0.15) is 0 Å². The highest BCUT2D eigenvalue weighted by Crippen LogP contribution is 2.37. The molecular weight excluding hydrogens is 883 g/mol. The number of ether oxygens (including phenoxy) is 1. The first-order chi connectivity index (χ1) is 31.6. The Labute approximate surface area is 408 Å². The first-order valence-electron chi connectivity index (χ1n) is 23.5. The van der Waals surface area contributed by atoms with Crippen molar-refractivity contribution < 1.29 is 47.9 Å².